The van der Waals surface area contributed by atoms with Crippen molar-refractivity contribution in [1.82, 2.24) is 40.7 Å². The molecule has 2 aromatic heterocycles. The predicted molar refractivity (Wildman–Crippen MR) is 102 cm³/mol. The van der Waals surface area contributed by atoms with Gasteiger partial charge < -0.3 is 10.1 Å². The predicted octanol–water partition coefficient (Wildman–Crippen LogP) is 0.559. The number of aryl methyl sites for hydroxylation is 1. The van der Waals surface area contributed by atoms with E-state index in [4.69, 9.17) is 4.74 Å². The van der Waals surface area contributed by atoms with Crippen molar-refractivity contribution < 1.29 is 18.7 Å². The second-order valence-corrected chi connectivity index (χ2v) is 7.31. The first-order chi connectivity index (χ1) is 14.0. The molecule has 30 heavy (non-hydrogen) atoms. The van der Waals surface area contributed by atoms with Crippen molar-refractivity contribution in [2.75, 3.05) is 5.32 Å². The summed E-state index contributed by atoms with van der Waals surface area (Å²) in [5, 5.41) is 23.5. The summed E-state index contributed by atoms with van der Waals surface area (Å²) < 4.78 is 20.5. The summed E-state index contributed by atoms with van der Waals surface area (Å²) in [6.07, 6.45) is 0.568. The van der Waals surface area contributed by atoms with E-state index in [1.807, 2.05) is 0 Å². The Hall–Kier alpha value is -3.58. The minimum absolute atomic E-state index is 0.0512. The number of nitrogens with one attached hydrogen (secondary N) is 4. The van der Waals surface area contributed by atoms with Crippen LogP contribution in [-0.2, 0) is 16.1 Å². The number of aromatic amines is 2. The third-order valence-electron chi connectivity index (χ3n) is 3.67. The van der Waals surface area contributed by atoms with Crippen LogP contribution in [0.3, 0.4) is 0 Å². The van der Waals surface area contributed by atoms with Crippen LogP contribution in [-0.4, -0.2) is 59.0 Å². The second-order valence-electron chi connectivity index (χ2n) is 7.31. The Kier molecular flexibility index (Phi) is 7.38. The standard InChI is InChI=1S/C16H24FN9O4/c1-9-20-23-14(28)26(9)8-10(17)6-5-7-11(18-15(29)30-16(2,3)4)12(27)19-13-21-24-25-22-13/h6,11H,5,7-8H2,1-4H3,(H,18,29)(H,23,28)(H2,19,21,22,24,25,27)/b10-6+/t11-/m0/s1. The maximum Gasteiger partial charge on any atom is 0.408 e. The minimum atomic E-state index is -1.05. The van der Waals surface area contributed by atoms with Crippen LogP contribution in [0, 0.1) is 6.92 Å². The Balaban J connectivity index is 2.01. The monoisotopic (exact) mass is 425 g/mol. The first-order valence-electron chi connectivity index (χ1n) is 9.05. The highest BCUT2D eigenvalue weighted by atomic mass is 19.1. The highest BCUT2D eigenvalue weighted by Crippen LogP contribution is 2.10. The van der Waals surface area contributed by atoms with Crippen LogP contribution in [0.4, 0.5) is 15.1 Å². The summed E-state index contributed by atoms with van der Waals surface area (Å²) >= 11 is 0. The SMILES string of the molecule is Cc1n[nH]c(=O)n1C/C(F)=C\CC[C@H](NC(=O)OC(C)(C)C)C(=O)Nc1nn[nH]n1. The molecule has 0 bridgehead atoms. The van der Waals surface area contributed by atoms with E-state index < -0.39 is 35.2 Å². The number of carbonyl (C=O) groups is 2. The maximum absolute atomic E-state index is 14.2. The average molecular weight is 425 g/mol. The highest BCUT2D eigenvalue weighted by molar-refractivity contribution is 5.95. The lowest BCUT2D eigenvalue weighted by Gasteiger charge is -2.22. The molecular formula is C16H24FN9O4. The molecule has 4 N–H and O–H groups in total. The first kappa shape index (κ1) is 22.7. The summed E-state index contributed by atoms with van der Waals surface area (Å²) in [6, 6.07) is -1.05. The Morgan fingerprint density at radius 1 is 1.33 bits per heavy atom. The molecule has 0 saturated heterocycles. The van der Waals surface area contributed by atoms with Crippen LogP contribution in [0.5, 0.6) is 0 Å². The van der Waals surface area contributed by atoms with Gasteiger partial charge in [-0.2, -0.15) is 10.3 Å². The van der Waals surface area contributed by atoms with E-state index in [0.29, 0.717) is 5.82 Å². The van der Waals surface area contributed by atoms with Gasteiger partial charge in [0.05, 0.1) is 6.54 Å². The Morgan fingerprint density at radius 3 is 2.63 bits per heavy atom. The Labute approximate surface area is 170 Å². The lowest BCUT2D eigenvalue weighted by atomic mass is 10.1. The molecule has 14 heteroatoms. The molecule has 13 nitrogen and oxygen atoms in total. The molecule has 1 atom stereocenters. The van der Waals surface area contributed by atoms with Gasteiger partial charge in [-0.25, -0.2) is 19.1 Å². The van der Waals surface area contributed by atoms with Gasteiger partial charge in [-0.05, 0) is 45.7 Å². The number of allylic oxidation sites excluding steroid dienone is 2. The summed E-state index contributed by atoms with van der Waals surface area (Å²) in [4.78, 5) is 36.1. The molecule has 0 aliphatic carbocycles. The fourth-order valence-electron chi connectivity index (χ4n) is 2.34. The second kappa shape index (κ2) is 9.76. The number of carbonyl (C=O) groups excluding carboxylic acids is 2. The zero-order valence-electron chi connectivity index (χ0n) is 17.0. The molecule has 0 spiro atoms. The van der Waals surface area contributed by atoms with E-state index in [0.717, 1.165) is 4.57 Å². The van der Waals surface area contributed by atoms with E-state index in [9.17, 15) is 18.8 Å². The zero-order chi connectivity index (χ0) is 22.3. The van der Waals surface area contributed by atoms with Gasteiger partial charge in [0.15, 0.2) is 0 Å². The van der Waals surface area contributed by atoms with Crippen LogP contribution < -0.4 is 16.3 Å². The van der Waals surface area contributed by atoms with Gasteiger partial charge in [0, 0.05) is 0 Å². The fraction of sp³-hybridized carbons (Fsp3) is 0.562. The zero-order valence-corrected chi connectivity index (χ0v) is 17.0. The van der Waals surface area contributed by atoms with E-state index in [2.05, 4.69) is 41.5 Å². The van der Waals surface area contributed by atoms with Crippen molar-refractivity contribution in [2.45, 2.75) is 58.7 Å². The van der Waals surface area contributed by atoms with E-state index in [-0.39, 0.29) is 25.3 Å². The van der Waals surface area contributed by atoms with Gasteiger partial charge in [-0.1, -0.05) is 11.2 Å². The molecule has 2 amide bonds. The molecule has 0 unspecified atom stereocenters. The fourth-order valence-corrected chi connectivity index (χ4v) is 2.34. The third kappa shape index (κ3) is 7.10. The van der Waals surface area contributed by atoms with E-state index in [1.54, 1.807) is 27.7 Å². The smallest absolute Gasteiger partial charge is 0.408 e. The van der Waals surface area contributed by atoms with Gasteiger partial charge in [-0.15, -0.1) is 5.10 Å². The summed E-state index contributed by atoms with van der Waals surface area (Å²) in [7, 11) is 0. The molecule has 0 radical (unpaired) electrons. The molecule has 0 fully saturated rings. The van der Waals surface area contributed by atoms with Gasteiger partial charge in [0.25, 0.3) is 5.95 Å². The number of alkyl carbamates (subject to hydrolysis) is 1. The Morgan fingerprint density at radius 2 is 2.07 bits per heavy atom. The molecule has 164 valence electrons. The van der Waals surface area contributed by atoms with Crippen LogP contribution in [0.15, 0.2) is 16.7 Å². The molecular weight excluding hydrogens is 401 g/mol. The summed E-state index contributed by atoms with van der Waals surface area (Å²) in [5.74, 6) is -0.950. The number of ether oxygens (including phenoxy) is 1. The van der Waals surface area contributed by atoms with Crippen LogP contribution in [0.2, 0.25) is 0 Å². The number of hydrogen-bond donors (Lipinski definition) is 4. The van der Waals surface area contributed by atoms with Crippen molar-refractivity contribution >= 4 is 17.9 Å². The number of anilines is 1. The van der Waals surface area contributed by atoms with Crippen molar-refractivity contribution in [3.05, 3.63) is 28.2 Å². The van der Waals surface area contributed by atoms with Crippen LogP contribution in [0.1, 0.15) is 39.4 Å². The van der Waals surface area contributed by atoms with E-state index in [1.165, 1.54) is 6.08 Å². The van der Waals surface area contributed by atoms with Crippen LogP contribution in [0.25, 0.3) is 0 Å². The van der Waals surface area contributed by atoms with Gasteiger partial charge in [0.1, 0.15) is 23.3 Å². The molecule has 2 rings (SSSR count). The van der Waals surface area contributed by atoms with Crippen molar-refractivity contribution in [3.63, 3.8) is 0 Å². The largest absolute Gasteiger partial charge is 0.444 e. The minimum Gasteiger partial charge on any atom is -0.444 e. The quantitative estimate of drug-likeness (QED) is 0.475. The number of nitrogens with zero attached hydrogens (tertiary/aromatic N) is 5. The van der Waals surface area contributed by atoms with Crippen LogP contribution >= 0.6 is 0 Å². The van der Waals surface area contributed by atoms with Gasteiger partial charge in [-0.3, -0.25) is 14.7 Å². The molecule has 0 saturated carbocycles. The van der Waals surface area contributed by atoms with Crippen molar-refractivity contribution in [1.29, 1.82) is 0 Å². The van der Waals surface area contributed by atoms with E-state index >= 15 is 0 Å². The first-order valence-corrected chi connectivity index (χ1v) is 9.05. The molecule has 0 aliphatic rings. The van der Waals surface area contributed by atoms with Crippen molar-refractivity contribution in [3.8, 4) is 0 Å². The number of hydrogen-bond acceptors (Lipinski definition) is 8. The molecule has 0 aliphatic heterocycles. The summed E-state index contributed by atoms with van der Waals surface area (Å²) in [5.41, 5.74) is -1.29. The highest BCUT2D eigenvalue weighted by Gasteiger charge is 2.25. The number of amides is 2. The normalized spacial score (nSPS) is 13.0. The number of rotatable bonds is 8. The van der Waals surface area contributed by atoms with Crippen molar-refractivity contribution in [2.24, 2.45) is 0 Å². The van der Waals surface area contributed by atoms with Gasteiger partial charge >= 0.3 is 11.8 Å². The number of H-pyrrole nitrogens is 2. The Bertz CT molecular complexity index is 943. The lowest BCUT2D eigenvalue weighted by Crippen LogP contribution is -2.45. The maximum atomic E-state index is 14.2. The summed E-state index contributed by atoms with van der Waals surface area (Å²) in [6.45, 7) is 6.31. The topological polar surface area (TPSA) is 173 Å². The molecule has 0 aromatic carbocycles. The number of tetrazole rings is 1. The molecule has 2 heterocycles. The lowest BCUT2D eigenvalue weighted by molar-refractivity contribution is -0.118. The average Bonchev–Trinajstić information content (AvgIpc) is 3.24. The molecule has 2 aromatic rings. The van der Waals surface area contributed by atoms with Gasteiger partial charge in [0.2, 0.25) is 5.91 Å². The number of halogens is 1. The number of aromatic nitrogens is 7. The third-order valence-corrected chi connectivity index (χ3v) is 3.67.